The number of nitrogens with one attached hydrogen (secondary N) is 4. The van der Waals surface area contributed by atoms with E-state index in [4.69, 9.17) is 5.73 Å². The molecule has 2 aromatic rings. The Balaban J connectivity index is 1.52. The monoisotopic (exact) mass is 590 g/mol. The van der Waals surface area contributed by atoms with Crippen LogP contribution in [0, 0.1) is 5.41 Å². The van der Waals surface area contributed by atoms with Gasteiger partial charge in [0.25, 0.3) is 5.91 Å². The molecular formula is C32H42N6O5. The fourth-order valence-corrected chi connectivity index (χ4v) is 5.71. The third-order valence-corrected chi connectivity index (χ3v) is 8.34. The highest BCUT2D eigenvalue weighted by atomic mass is 16.2. The van der Waals surface area contributed by atoms with Crippen LogP contribution in [0.5, 0.6) is 0 Å². The van der Waals surface area contributed by atoms with Crippen LogP contribution in [0.4, 0.5) is 0 Å². The van der Waals surface area contributed by atoms with Gasteiger partial charge >= 0.3 is 0 Å². The summed E-state index contributed by atoms with van der Waals surface area (Å²) >= 11 is 0. The standard InChI is InChI=1S/C32H42N6O5/c1-18(34-5)28(40)37-26(32(2,3)4)31(43)38-16-8-11-24(38)30(42)36-25-22-10-7-6-9-21(22)17-23(25)35-29(41)20-14-12-19(13-15-20)27(33)39/h6-7,9-10,12-15,18,23-26,34H,8,11,16-17H2,1-5H3,(H2,33,39)(H,35,41)(H,36,42)(H,37,40)/t18-,23-,24?,25?,26?/m0/s1. The molecule has 1 fully saturated rings. The van der Waals surface area contributed by atoms with Crippen LogP contribution in [-0.4, -0.2) is 72.2 Å². The fraction of sp³-hybridized carbons (Fsp3) is 0.469. The lowest BCUT2D eigenvalue weighted by molar-refractivity contribution is -0.144. The van der Waals surface area contributed by atoms with E-state index in [2.05, 4.69) is 21.3 Å². The van der Waals surface area contributed by atoms with Crippen molar-refractivity contribution in [1.82, 2.24) is 26.2 Å². The van der Waals surface area contributed by atoms with Gasteiger partial charge in [0.2, 0.25) is 23.6 Å². The first-order valence-corrected chi connectivity index (χ1v) is 14.7. The van der Waals surface area contributed by atoms with Gasteiger partial charge in [0.15, 0.2) is 0 Å². The van der Waals surface area contributed by atoms with Gasteiger partial charge in [-0.25, -0.2) is 0 Å². The predicted molar refractivity (Wildman–Crippen MR) is 162 cm³/mol. The van der Waals surface area contributed by atoms with Crippen LogP contribution in [-0.2, 0) is 20.8 Å². The van der Waals surface area contributed by atoms with Crippen LogP contribution in [0.1, 0.15) is 78.4 Å². The van der Waals surface area contributed by atoms with Crippen molar-refractivity contribution in [1.29, 1.82) is 0 Å². The second kappa shape index (κ2) is 12.9. The molecule has 5 amide bonds. The Hall–Kier alpha value is -4.25. The molecule has 0 spiro atoms. The zero-order valence-corrected chi connectivity index (χ0v) is 25.4. The topological polar surface area (TPSA) is 163 Å². The predicted octanol–water partition coefficient (Wildman–Crippen LogP) is 1.43. The van der Waals surface area contributed by atoms with Gasteiger partial charge in [-0.2, -0.15) is 0 Å². The van der Waals surface area contributed by atoms with Crippen molar-refractivity contribution in [3.63, 3.8) is 0 Å². The van der Waals surface area contributed by atoms with E-state index in [-0.39, 0.29) is 23.6 Å². The second-order valence-electron chi connectivity index (χ2n) is 12.4. The van der Waals surface area contributed by atoms with E-state index < -0.39 is 41.5 Å². The maximum atomic E-state index is 13.8. The maximum Gasteiger partial charge on any atom is 0.251 e. The number of benzene rings is 2. The minimum Gasteiger partial charge on any atom is -0.366 e. The molecule has 11 heteroatoms. The summed E-state index contributed by atoms with van der Waals surface area (Å²) in [5.41, 5.74) is 7.31. The number of carbonyl (C=O) groups excluding carboxylic acids is 5. The van der Waals surface area contributed by atoms with Gasteiger partial charge in [-0.1, -0.05) is 45.0 Å². The molecule has 0 aromatic heterocycles. The molecule has 230 valence electrons. The number of likely N-dealkylation sites (tertiary alicyclic amines) is 1. The van der Waals surface area contributed by atoms with Gasteiger partial charge in [0, 0.05) is 17.7 Å². The number of rotatable bonds is 9. The number of carbonyl (C=O) groups is 5. The van der Waals surface area contributed by atoms with Gasteiger partial charge in [0.05, 0.1) is 18.1 Å². The van der Waals surface area contributed by atoms with E-state index in [1.807, 2.05) is 45.0 Å². The van der Waals surface area contributed by atoms with Gasteiger partial charge in [0.1, 0.15) is 12.1 Å². The van der Waals surface area contributed by atoms with E-state index in [9.17, 15) is 24.0 Å². The SMILES string of the molecule is CN[C@@H](C)C(=O)NC(C(=O)N1CCCC1C(=O)NC1c2ccccc2C[C@@H]1NC(=O)c1ccc(C(N)=O)cc1)C(C)(C)C. The largest absolute Gasteiger partial charge is 0.366 e. The summed E-state index contributed by atoms with van der Waals surface area (Å²) in [6.07, 6.45) is 1.67. The molecule has 1 heterocycles. The number of nitrogens with two attached hydrogens (primary N) is 1. The molecule has 6 N–H and O–H groups in total. The molecule has 2 aromatic carbocycles. The van der Waals surface area contributed by atoms with Gasteiger partial charge in [-0.05, 0) is 74.0 Å². The first kappa shape index (κ1) is 31.7. The number of likely N-dealkylation sites (N-methyl/N-ethyl adjacent to an activating group) is 1. The van der Waals surface area contributed by atoms with Crippen molar-refractivity contribution in [2.75, 3.05) is 13.6 Å². The Bertz CT molecular complexity index is 1390. The van der Waals surface area contributed by atoms with Gasteiger partial charge < -0.3 is 31.9 Å². The summed E-state index contributed by atoms with van der Waals surface area (Å²) in [7, 11) is 1.68. The molecule has 11 nitrogen and oxygen atoms in total. The molecule has 5 atom stereocenters. The Morgan fingerprint density at radius 1 is 0.953 bits per heavy atom. The summed E-state index contributed by atoms with van der Waals surface area (Å²) in [6.45, 7) is 7.78. The summed E-state index contributed by atoms with van der Waals surface area (Å²) in [4.78, 5) is 66.5. The van der Waals surface area contributed by atoms with Crippen LogP contribution in [0.3, 0.4) is 0 Å². The van der Waals surface area contributed by atoms with E-state index in [0.717, 1.165) is 11.1 Å². The highest BCUT2D eigenvalue weighted by molar-refractivity contribution is 5.97. The van der Waals surface area contributed by atoms with Gasteiger partial charge in [-0.3, -0.25) is 24.0 Å². The lowest BCUT2D eigenvalue weighted by atomic mass is 9.85. The summed E-state index contributed by atoms with van der Waals surface area (Å²) < 4.78 is 0. The molecule has 4 rings (SSSR count). The van der Waals surface area contributed by atoms with E-state index in [1.54, 1.807) is 18.9 Å². The Kier molecular flexibility index (Phi) is 9.54. The van der Waals surface area contributed by atoms with Crippen molar-refractivity contribution in [2.24, 2.45) is 11.1 Å². The van der Waals surface area contributed by atoms with Crippen molar-refractivity contribution in [3.05, 3.63) is 70.8 Å². The Labute approximate surface area is 252 Å². The molecule has 1 aliphatic carbocycles. The molecule has 0 saturated carbocycles. The number of hydrogen-bond donors (Lipinski definition) is 5. The zero-order chi connectivity index (χ0) is 31.5. The third kappa shape index (κ3) is 7.05. The molecule has 3 unspecified atom stereocenters. The number of amides is 5. The average Bonchev–Trinajstić information content (AvgIpc) is 3.60. The minimum absolute atomic E-state index is 0.290. The first-order valence-electron chi connectivity index (χ1n) is 14.7. The smallest absolute Gasteiger partial charge is 0.251 e. The number of nitrogens with zero attached hydrogens (tertiary/aromatic N) is 1. The number of hydrogen-bond acceptors (Lipinski definition) is 6. The molecular weight excluding hydrogens is 548 g/mol. The molecule has 2 aliphatic rings. The number of fused-ring (bicyclic) bond motifs is 1. The maximum absolute atomic E-state index is 13.8. The normalized spacial score (nSPS) is 21.0. The van der Waals surface area contributed by atoms with Crippen LogP contribution in [0.15, 0.2) is 48.5 Å². The number of primary amides is 1. The molecule has 0 radical (unpaired) electrons. The first-order chi connectivity index (χ1) is 20.3. The van der Waals surface area contributed by atoms with Crippen molar-refractivity contribution < 1.29 is 24.0 Å². The van der Waals surface area contributed by atoms with Crippen molar-refractivity contribution in [3.8, 4) is 0 Å². The van der Waals surface area contributed by atoms with Gasteiger partial charge in [-0.15, -0.1) is 0 Å². The van der Waals surface area contributed by atoms with Crippen molar-refractivity contribution >= 4 is 29.5 Å². The summed E-state index contributed by atoms with van der Waals surface area (Å²) in [5, 5.41) is 12.0. The van der Waals surface area contributed by atoms with E-state index in [0.29, 0.717) is 36.9 Å². The quantitative estimate of drug-likeness (QED) is 0.297. The van der Waals surface area contributed by atoms with Crippen LogP contribution >= 0.6 is 0 Å². The molecule has 43 heavy (non-hydrogen) atoms. The highest BCUT2D eigenvalue weighted by Gasteiger charge is 2.43. The summed E-state index contributed by atoms with van der Waals surface area (Å²) in [6, 6.07) is 10.8. The molecule has 1 aliphatic heterocycles. The lowest BCUT2D eigenvalue weighted by Crippen LogP contribution is -2.59. The molecule has 1 saturated heterocycles. The van der Waals surface area contributed by atoms with E-state index in [1.165, 1.54) is 24.3 Å². The van der Waals surface area contributed by atoms with Crippen LogP contribution < -0.4 is 27.0 Å². The van der Waals surface area contributed by atoms with Crippen LogP contribution in [0.2, 0.25) is 0 Å². The Morgan fingerprint density at radius 3 is 2.23 bits per heavy atom. The van der Waals surface area contributed by atoms with Crippen LogP contribution in [0.25, 0.3) is 0 Å². The highest BCUT2D eigenvalue weighted by Crippen LogP contribution is 2.33. The lowest BCUT2D eigenvalue weighted by Gasteiger charge is -2.36. The molecule has 0 bridgehead atoms. The fourth-order valence-electron chi connectivity index (χ4n) is 5.71. The minimum atomic E-state index is -0.815. The average molecular weight is 591 g/mol. The zero-order valence-electron chi connectivity index (χ0n) is 25.4. The Morgan fingerprint density at radius 2 is 1.60 bits per heavy atom. The summed E-state index contributed by atoms with van der Waals surface area (Å²) in [5.74, 6) is -1.81. The van der Waals surface area contributed by atoms with E-state index >= 15 is 0 Å². The second-order valence-corrected chi connectivity index (χ2v) is 12.4. The van der Waals surface area contributed by atoms with Crippen molar-refractivity contribution in [2.45, 2.75) is 77.2 Å². The third-order valence-electron chi connectivity index (χ3n) is 8.34.